The van der Waals surface area contributed by atoms with Crippen molar-refractivity contribution >= 4 is 17.7 Å². The van der Waals surface area contributed by atoms with E-state index in [0.717, 1.165) is 18.4 Å². The summed E-state index contributed by atoms with van der Waals surface area (Å²) in [5.74, 6) is -0.849. The van der Waals surface area contributed by atoms with Crippen LogP contribution in [0, 0.1) is 5.92 Å². The summed E-state index contributed by atoms with van der Waals surface area (Å²) < 4.78 is 9.86. The molecule has 0 saturated carbocycles. The first-order valence-electron chi connectivity index (χ1n) is 7.71. The fourth-order valence-electron chi connectivity index (χ4n) is 2.32. The van der Waals surface area contributed by atoms with Crippen LogP contribution in [0.4, 0.5) is 0 Å². The van der Waals surface area contributed by atoms with Gasteiger partial charge < -0.3 is 14.6 Å². The molecule has 0 aromatic rings. The van der Waals surface area contributed by atoms with Gasteiger partial charge in [-0.05, 0) is 43.4 Å². The zero-order chi connectivity index (χ0) is 17.2. The molecular weight excluding hydrogens is 300 g/mol. The van der Waals surface area contributed by atoms with E-state index in [1.807, 2.05) is 0 Å². The predicted octanol–water partition coefficient (Wildman–Crippen LogP) is 1.72. The number of rotatable bonds is 10. The fourth-order valence-corrected chi connectivity index (χ4v) is 2.32. The second-order valence-corrected chi connectivity index (χ2v) is 5.79. The van der Waals surface area contributed by atoms with Crippen LogP contribution in [0.2, 0.25) is 0 Å². The molecule has 0 amide bonds. The van der Waals surface area contributed by atoms with Gasteiger partial charge >= 0.3 is 11.9 Å². The van der Waals surface area contributed by atoms with Crippen LogP contribution in [0.3, 0.4) is 0 Å². The quantitative estimate of drug-likeness (QED) is 0.486. The van der Waals surface area contributed by atoms with Crippen molar-refractivity contribution in [1.29, 1.82) is 0 Å². The van der Waals surface area contributed by atoms with E-state index in [4.69, 9.17) is 14.6 Å². The Kier molecular flexibility index (Phi) is 8.26. The van der Waals surface area contributed by atoms with E-state index in [-0.39, 0.29) is 43.3 Å². The van der Waals surface area contributed by atoms with Crippen LogP contribution in [0.25, 0.3) is 0 Å². The molecule has 1 atom stereocenters. The monoisotopic (exact) mass is 324 g/mol. The number of cyclic esters (lactones) is 1. The Labute approximate surface area is 136 Å². The van der Waals surface area contributed by atoms with Crippen LogP contribution >= 0.6 is 0 Å². The number of aliphatic hydroxyl groups is 1. The molecule has 0 aliphatic carbocycles. The van der Waals surface area contributed by atoms with Gasteiger partial charge in [-0.15, -0.1) is 0 Å². The number of carbonyl (C=O) groups excluding carboxylic acids is 3. The zero-order valence-corrected chi connectivity index (χ0v) is 13.7. The van der Waals surface area contributed by atoms with Crippen LogP contribution in [-0.4, -0.2) is 42.6 Å². The third-order valence-electron chi connectivity index (χ3n) is 3.50. The van der Waals surface area contributed by atoms with Crippen molar-refractivity contribution in [1.82, 2.24) is 0 Å². The minimum absolute atomic E-state index is 0.0761. The van der Waals surface area contributed by atoms with E-state index in [2.05, 4.69) is 0 Å². The van der Waals surface area contributed by atoms with Crippen molar-refractivity contribution in [3.8, 4) is 0 Å². The summed E-state index contributed by atoms with van der Waals surface area (Å²) in [5, 5.41) is 8.94. The SMILES string of the molecule is CC(=O)OCC(CCCC1=CC(=O)OC1)CC(=O)C=C(C)CO. The van der Waals surface area contributed by atoms with Crippen LogP contribution in [0.1, 0.15) is 39.5 Å². The molecule has 1 unspecified atom stereocenters. The minimum atomic E-state index is -0.373. The summed E-state index contributed by atoms with van der Waals surface area (Å²) in [7, 11) is 0. The molecule has 128 valence electrons. The fraction of sp³-hybridized carbons (Fsp3) is 0.588. The highest BCUT2D eigenvalue weighted by atomic mass is 16.5. The number of allylic oxidation sites excluding steroid dienone is 1. The lowest BCUT2D eigenvalue weighted by Gasteiger charge is -2.15. The summed E-state index contributed by atoms with van der Waals surface area (Å²) in [4.78, 5) is 33.9. The zero-order valence-electron chi connectivity index (χ0n) is 13.7. The summed E-state index contributed by atoms with van der Waals surface area (Å²) in [6.07, 6.45) is 5.40. The Hall–Kier alpha value is -1.95. The Morgan fingerprint density at radius 3 is 2.74 bits per heavy atom. The van der Waals surface area contributed by atoms with Gasteiger partial charge in [0, 0.05) is 25.3 Å². The van der Waals surface area contributed by atoms with Gasteiger partial charge in [0.05, 0.1) is 13.2 Å². The Morgan fingerprint density at radius 1 is 1.43 bits per heavy atom. The molecule has 0 aromatic heterocycles. The van der Waals surface area contributed by atoms with E-state index < -0.39 is 0 Å². The Balaban J connectivity index is 2.47. The maximum Gasteiger partial charge on any atom is 0.331 e. The third kappa shape index (κ3) is 8.30. The molecule has 1 aliphatic rings. The predicted molar refractivity (Wildman–Crippen MR) is 83.5 cm³/mol. The average molecular weight is 324 g/mol. The molecule has 23 heavy (non-hydrogen) atoms. The maximum atomic E-state index is 11.9. The van der Waals surface area contributed by atoms with Crippen molar-refractivity contribution in [2.75, 3.05) is 19.8 Å². The molecule has 0 bridgehead atoms. The van der Waals surface area contributed by atoms with Gasteiger partial charge in [-0.1, -0.05) is 0 Å². The molecule has 1 rings (SSSR count). The first-order chi connectivity index (χ1) is 10.9. The van der Waals surface area contributed by atoms with Gasteiger partial charge in [0.25, 0.3) is 0 Å². The van der Waals surface area contributed by atoms with Crippen molar-refractivity contribution < 1.29 is 29.0 Å². The largest absolute Gasteiger partial charge is 0.466 e. The number of ketones is 1. The van der Waals surface area contributed by atoms with Crippen LogP contribution < -0.4 is 0 Å². The van der Waals surface area contributed by atoms with Crippen molar-refractivity contribution in [2.24, 2.45) is 5.92 Å². The van der Waals surface area contributed by atoms with E-state index in [1.165, 1.54) is 19.1 Å². The highest BCUT2D eigenvalue weighted by molar-refractivity contribution is 5.90. The number of carbonyl (C=O) groups is 3. The van der Waals surface area contributed by atoms with Gasteiger partial charge in [-0.2, -0.15) is 0 Å². The second kappa shape index (κ2) is 9.94. The molecule has 1 heterocycles. The van der Waals surface area contributed by atoms with Gasteiger partial charge in [-0.3, -0.25) is 9.59 Å². The molecule has 1 N–H and O–H groups in total. The Bertz CT molecular complexity index is 503. The molecule has 0 radical (unpaired) electrons. The van der Waals surface area contributed by atoms with Crippen molar-refractivity contribution in [3.63, 3.8) is 0 Å². The highest BCUT2D eigenvalue weighted by Crippen LogP contribution is 2.19. The first-order valence-corrected chi connectivity index (χ1v) is 7.71. The summed E-state index contributed by atoms with van der Waals surface area (Å²) in [6, 6.07) is 0. The normalized spacial score (nSPS) is 15.9. The molecule has 0 fully saturated rings. The minimum Gasteiger partial charge on any atom is -0.466 e. The number of hydrogen-bond acceptors (Lipinski definition) is 6. The summed E-state index contributed by atoms with van der Waals surface area (Å²) in [5.41, 5.74) is 1.55. The molecule has 0 aromatic carbocycles. The van der Waals surface area contributed by atoms with Gasteiger partial charge in [0.2, 0.25) is 0 Å². The van der Waals surface area contributed by atoms with E-state index in [9.17, 15) is 14.4 Å². The van der Waals surface area contributed by atoms with E-state index in [1.54, 1.807) is 6.92 Å². The number of hydrogen-bond donors (Lipinski definition) is 1. The van der Waals surface area contributed by atoms with E-state index in [0.29, 0.717) is 18.6 Å². The lowest BCUT2D eigenvalue weighted by Crippen LogP contribution is -2.16. The van der Waals surface area contributed by atoms with Crippen LogP contribution in [0.5, 0.6) is 0 Å². The lowest BCUT2D eigenvalue weighted by molar-refractivity contribution is -0.143. The number of aliphatic hydroxyl groups excluding tert-OH is 1. The molecular formula is C17H24O6. The maximum absolute atomic E-state index is 11.9. The molecule has 6 nitrogen and oxygen atoms in total. The van der Waals surface area contributed by atoms with Gasteiger partial charge in [0.15, 0.2) is 5.78 Å². The highest BCUT2D eigenvalue weighted by Gasteiger charge is 2.17. The molecule has 0 spiro atoms. The summed E-state index contributed by atoms with van der Waals surface area (Å²) in [6.45, 7) is 3.40. The average Bonchev–Trinajstić information content (AvgIpc) is 2.89. The smallest absolute Gasteiger partial charge is 0.331 e. The standard InChI is InChI=1S/C17H24O6/c1-12(9-18)6-16(20)7-14(10-22-13(2)19)4-3-5-15-8-17(21)23-11-15/h6,8,14,18H,3-5,7,9-11H2,1-2H3. The number of esters is 2. The van der Waals surface area contributed by atoms with Crippen molar-refractivity contribution in [3.05, 3.63) is 23.3 Å². The second-order valence-electron chi connectivity index (χ2n) is 5.79. The Morgan fingerprint density at radius 2 is 2.17 bits per heavy atom. The van der Waals surface area contributed by atoms with E-state index >= 15 is 0 Å². The molecule has 6 heteroatoms. The molecule has 0 saturated heterocycles. The van der Waals surface area contributed by atoms with Crippen LogP contribution in [-0.2, 0) is 23.9 Å². The third-order valence-corrected chi connectivity index (χ3v) is 3.50. The summed E-state index contributed by atoms with van der Waals surface area (Å²) >= 11 is 0. The topological polar surface area (TPSA) is 89.9 Å². The first kappa shape index (κ1) is 19.1. The van der Waals surface area contributed by atoms with Gasteiger partial charge in [0.1, 0.15) is 6.61 Å². The van der Waals surface area contributed by atoms with Gasteiger partial charge in [-0.25, -0.2) is 4.79 Å². The van der Waals surface area contributed by atoms with Crippen molar-refractivity contribution in [2.45, 2.75) is 39.5 Å². The van der Waals surface area contributed by atoms with Crippen LogP contribution in [0.15, 0.2) is 23.3 Å². The molecule has 1 aliphatic heterocycles. The number of ether oxygens (including phenoxy) is 2. The lowest BCUT2D eigenvalue weighted by atomic mass is 9.95.